The van der Waals surface area contributed by atoms with E-state index in [1.54, 1.807) is 4.90 Å². The molecule has 274 valence electrons. The number of hydrogen-bond acceptors (Lipinski definition) is 8. The third-order valence-electron chi connectivity index (χ3n) is 10.1. The molecule has 51 heavy (non-hydrogen) atoms. The summed E-state index contributed by atoms with van der Waals surface area (Å²) < 4.78 is 0. The van der Waals surface area contributed by atoms with E-state index in [2.05, 4.69) is 16.0 Å². The molecule has 1 aliphatic carbocycles. The molecule has 3 aliphatic rings. The van der Waals surface area contributed by atoms with E-state index in [0.717, 1.165) is 22.3 Å². The van der Waals surface area contributed by atoms with E-state index in [0.29, 0.717) is 84.1 Å². The van der Waals surface area contributed by atoms with Crippen molar-refractivity contribution in [1.29, 1.82) is 0 Å². The SMILES string of the molecule is NCCCCC(NC(=O)C1(NC(=O)C(Cc2ccccc2)NC(=O)C(N)Cc2ccccc2)CCCC1)C(=O)N1CC2=C(CN(CC(=O)O)C2)C1. The van der Waals surface area contributed by atoms with Crippen LogP contribution in [0.4, 0.5) is 0 Å². The van der Waals surface area contributed by atoms with Crippen LogP contribution < -0.4 is 27.4 Å². The molecule has 0 saturated heterocycles. The highest BCUT2D eigenvalue weighted by molar-refractivity contribution is 5.97. The van der Waals surface area contributed by atoms with E-state index in [-0.39, 0.29) is 18.9 Å². The Morgan fingerprint density at radius 2 is 1.35 bits per heavy atom. The van der Waals surface area contributed by atoms with Crippen molar-refractivity contribution in [3.8, 4) is 0 Å². The minimum absolute atomic E-state index is 0.0527. The lowest BCUT2D eigenvalue weighted by molar-refractivity contribution is -0.140. The number of carbonyl (C=O) groups excluding carboxylic acids is 4. The Balaban J connectivity index is 1.28. The number of hydrogen-bond donors (Lipinski definition) is 6. The van der Waals surface area contributed by atoms with Gasteiger partial charge in [0.25, 0.3) is 0 Å². The van der Waals surface area contributed by atoms with Gasteiger partial charge in [0.1, 0.15) is 17.6 Å². The van der Waals surface area contributed by atoms with Gasteiger partial charge in [0, 0.05) is 32.6 Å². The number of unbranched alkanes of at least 4 members (excludes halogenated alkanes) is 1. The number of nitrogens with zero attached hydrogens (tertiary/aromatic N) is 2. The largest absolute Gasteiger partial charge is 0.480 e. The highest BCUT2D eigenvalue weighted by Gasteiger charge is 2.45. The van der Waals surface area contributed by atoms with Crippen LogP contribution in [0.5, 0.6) is 0 Å². The summed E-state index contributed by atoms with van der Waals surface area (Å²) in [5, 5.41) is 18.1. The van der Waals surface area contributed by atoms with Gasteiger partial charge in [0.2, 0.25) is 23.6 Å². The summed E-state index contributed by atoms with van der Waals surface area (Å²) in [5.41, 5.74) is 14.6. The Bertz CT molecular complexity index is 1560. The minimum atomic E-state index is -1.25. The zero-order chi connectivity index (χ0) is 36.4. The van der Waals surface area contributed by atoms with Crippen LogP contribution in [0.15, 0.2) is 71.8 Å². The van der Waals surface area contributed by atoms with Gasteiger partial charge < -0.3 is 37.4 Å². The Morgan fingerprint density at radius 1 is 0.765 bits per heavy atom. The fraction of sp³-hybridized carbons (Fsp3) is 0.500. The molecule has 4 amide bonds. The van der Waals surface area contributed by atoms with Crippen LogP contribution in [0.1, 0.15) is 56.1 Å². The highest BCUT2D eigenvalue weighted by Crippen LogP contribution is 2.31. The predicted molar refractivity (Wildman–Crippen MR) is 192 cm³/mol. The fourth-order valence-electron chi connectivity index (χ4n) is 7.39. The maximum Gasteiger partial charge on any atom is 0.317 e. The second kappa shape index (κ2) is 17.6. The Hall–Kier alpha value is -4.59. The number of benzene rings is 2. The Morgan fingerprint density at radius 3 is 1.92 bits per heavy atom. The number of carboxylic acids is 1. The molecule has 1 fully saturated rings. The molecule has 0 spiro atoms. The zero-order valence-electron chi connectivity index (χ0n) is 29.1. The van der Waals surface area contributed by atoms with Gasteiger partial charge in [-0.3, -0.25) is 28.9 Å². The average Bonchev–Trinajstić information content (AvgIpc) is 3.84. The van der Waals surface area contributed by atoms with Crippen LogP contribution in [0.25, 0.3) is 0 Å². The zero-order valence-corrected chi connectivity index (χ0v) is 29.1. The van der Waals surface area contributed by atoms with E-state index < -0.39 is 47.4 Å². The van der Waals surface area contributed by atoms with Crippen molar-refractivity contribution in [3.05, 3.63) is 82.9 Å². The van der Waals surface area contributed by atoms with E-state index in [1.807, 2.05) is 65.6 Å². The lowest BCUT2D eigenvalue weighted by Gasteiger charge is -2.34. The van der Waals surface area contributed by atoms with Crippen molar-refractivity contribution in [2.45, 2.75) is 81.5 Å². The van der Waals surface area contributed by atoms with Crippen molar-refractivity contribution in [3.63, 3.8) is 0 Å². The molecule has 0 radical (unpaired) electrons. The Labute approximate surface area is 299 Å². The summed E-state index contributed by atoms with van der Waals surface area (Å²) in [6.07, 6.45) is 4.44. The molecule has 2 aliphatic heterocycles. The van der Waals surface area contributed by atoms with Crippen molar-refractivity contribution in [1.82, 2.24) is 25.8 Å². The third-order valence-corrected chi connectivity index (χ3v) is 10.1. The lowest BCUT2D eigenvalue weighted by Crippen LogP contribution is -2.64. The average molecular weight is 702 g/mol. The number of amides is 4. The van der Waals surface area contributed by atoms with Crippen LogP contribution in [-0.2, 0) is 36.8 Å². The first kappa shape index (κ1) is 37.7. The van der Waals surface area contributed by atoms with Gasteiger partial charge in [-0.25, -0.2) is 0 Å². The summed E-state index contributed by atoms with van der Waals surface area (Å²) in [7, 11) is 0. The van der Waals surface area contributed by atoms with Crippen molar-refractivity contribution in [2.24, 2.45) is 11.5 Å². The third kappa shape index (κ3) is 10.0. The topological polar surface area (TPSA) is 200 Å². The molecule has 2 heterocycles. The first-order chi connectivity index (χ1) is 24.6. The molecule has 13 heteroatoms. The highest BCUT2D eigenvalue weighted by atomic mass is 16.4. The number of aliphatic carboxylic acids is 1. The van der Waals surface area contributed by atoms with Gasteiger partial charge in [-0.2, -0.15) is 0 Å². The van der Waals surface area contributed by atoms with Crippen LogP contribution in [0.2, 0.25) is 0 Å². The van der Waals surface area contributed by atoms with Crippen LogP contribution in [0, 0.1) is 0 Å². The van der Waals surface area contributed by atoms with Gasteiger partial charge >= 0.3 is 5.97 Å². The summed E-state index contributed by atoms with van der Waals surface area (Å²) >= 11 is 0. The van der Waals surface area contributed by atoms with Crippen LogP contribution >= 0.6 is 0 Å². The first-order valence-corrected chi connectivity index (χ1v) is 18.0. The smallest absolute Gasteiger partial charge is 0.317 e. The Kier molecular flexibility index (Phi) is 13.0. The molecule has 2 aromatic rings. The van der Waals surface area contributed by atoms with Gasteiger partial charge in [0.05, 0.1) is 12.6 Å². The molecule has 5 rings (SSSR count). The minimum Gasteiger partial charge on any atom is -0.480 e. The first-order valence-electron chi connectivity index (χ1n) is 18.0. The molecule has 3 unspecified atom stereocenters. The second-order valence-corrected chi connectivity index (χ2v) is 14.1. The van der Waals surface area contributed by atoms with E-state index in [1.165, 1.54) is 0 Å². The van der Waals surface area contributed by atoms with Gasteiger partial charge in [-0.05, 0) is 67.3 Å². The number of nitrogens with one attached hydrogen (secondary N) is 3. The summed E-state index contributed by atoms with van der Waals surface area (Å²) in [5.74, 6) is -2.48. The van der Waals surface area contributed by atoms with E-state index in [4.69, 9.17) is 11.5 Å². The van der Waals surface area contributed by atoms with E-state index in [9.17, 15) is 29.1 Å². The van der Waals surface area contributed by atoms with Gasteiger partial charge in [-0.15, -0.1) is 0 Å². The van der Waals surface area contributed by atoms with Crippen molar-refractivity contribution in [2.75, 3.05) is 39.3 Å². The fourth-order valence-corrected chi connectivity index (χ4v) is 7.39. The summed E-state index contributed by atoms with van der Waals surface area (Å²) in [6.45, 7) is 2.19. The van der Waals surface area contributed by atoms with Crippen LogP contribution in [-0.4, -0.2) is 107 Å². The predicted octanol–water partition coefficient (Wildman–Crippen LogP) is 0.866. The van der Waals surface area contributed by atoms with E-state index >= 15 is 0 Å². The molecule has 13 nitrogen and oxygen atoms in total. The molecule has 0 bridgehead atoms. The lowest BCUT2D eigenvalue weighted by atomic mass is 9.93. The molecule has 2 aromatic carbocycles. The van der Waals surface area contributed by atoms with Crippen molar-refractivity contribution < 1.29 is 29.1 Å². The molecule has 1 saturated carbocycles. The van der Waals surface area contributed by atoms with Gasteiger partial charge in [-0.1, -0.05) is 73.5 Å². The maximum absolute atomic E-state index is 14.2. The molecular weight excluding hydrogens is 650 g/mol. The normalized spacial score (nSPS) is 18.5. The number of carboxylic acid groups (broad SMARTS) is 1. The maximum atomic E-state index is 14.2. The molecule has 8 N–H and O–H groups in total. The van der Waals surface area contributed by atoms with Crippen LogP contribution in [0.3, 0.4) is 0 Å². The molecule has 0 aromatic heterocycles. The quantitative estimate of drug-likeness (QED) is 0.102. The number of rotatable bonds is 17. The number of carbonyl (C=O) groups is 5. The molecule has 3 atom stereocenters. The van der Waals surface area contributed by atoms with Gasteiger partial charge in [0.15, 0.2) is 0 Å². The molecular formula is C38H51N7O6. The number of nitrogens with two attached hydrogens (primary N) is 2. The summed E-state index contributed by atoms with van der Waals surface area (Å²) in [6, 6.07) is 16.1. The standard InChI is InChI=1S/C38H51N7O6/c39-18-10-7-15-31(36(50)45-23-28-21-44(25-33(46)47)22-29(28)24-45)42-37(51)38(16-8-9-17-38)43-35(49)32(20-27-13-5-2-6-14-27)41-34(48)30(40)19-26-11-3-1-4-12-26/h1-6,11-14,30-32H,7-10,15-25,39-40H2,(H,41,48)(H,42,51)(H,43,49)(H,46,47). The second-order valence-electron chi connectivity index (χ2n) is 14.1. The van der Waals surface area contributed by atoms with Crippen molar-refractivity contribution >= 4 is 29.6 Å². The summed E-state index contributed by atoms with van der Waals surface area (Å²) in [4.78, 5) is 70.3. The monoisotopic (exact) mass is 701 g/mol.